The molecule has 2 saturated heterocycles. The van der Waals surface area contributed by atoms with Gasteiger partial charge >= 0.3 is 5.97 Å². The van der Waals surface area contributed by atoms with Crippen molar-refractivity contribution in [1.29, 1.82) is 0 Å². The fraction of sp³-hybridized carbons (Fsp3) is 0.500. The molecular formula is C26H32N2O9. The Labute approximate surface area is 214 Å². The fourth-order valence-electron chi connectivity index (χ4n) is 4.66. The topological polar surface area (TPSA) is 144 Å². The fourth-order valence-corrected chi connectivity index (χ4v) is 4.66. The number of nitrogens with zero attached hydrogens (tertiary/aromatic N) is 1. The van der Waals surface area contributed by atoms with Crippen LogP contribution in [0.5, 0.6) is 0 Å². The van der Waals surface area contributed by atoms with Crippen LogP contribution in [0.25, 0.3) is 6.08 Å². The van der Waals surface area contributed by atoms with Gasteiger partial charge in [-0.1, -0.05) is 12.1 Å². The first-order chi connectivity index (χ1) is 18.0. The number of esters is 1. The molecule has 11 heteroatoms. The zero-order chi connectivity index (χ0) is 26.2. The first kappa shape index (κ1) is 26.8. The molecule has 4 rings (SSSR count). The monoisotopic (exact) mass is 516 g/mol. The Balaban J connectivity index is 1.41. The molecule has 1 aliphatic carbocycles. The van der Waals surface area contributed by atoms with E-state index in [-0.39, 0.29) is 51.4 Å². The number of hydrogen-bond donors (Lipinski definition) is 3. The summed E-state index contributed by atoms with van der Waals surface area (Å²) in [5.74, 6) is -1.14. The van der Waals surface area contributed by atoms with E-state index in [1.54, 1.807) is 36.4 Å². The molecule has 4 atom stereocenters. The van der Waals surface area contributed by atoms with Crippen LogP contribution in [0.2, 0.25) is 0 Å². The summed E-state index contributed by atoms with van der Waals surface area (Å²) in [7, 11) is 0. The van der Waals surface area contributed by atoms with Crippen molar-refractivity contribution in [3.8, 4) is 0 Å². The highest BCUT2D eigenvalue weighted by molar-refractivity contribution is 5.98. The van der Waals surface area contributed by atoms with E-state index < -0.39 is 30.3 Å². The van der Waals surface area contributed by atoms with Gasteiger partial charge in [-0.15, -0.1) is 0 Å². The Morgan fingerprint density at radius 1 is 1.14 bits per heavy atom. The third-order valence-corrected chi connectivity index (χ3v) is 6.47. The number of fused-ring (bicyclic) bond motifs is 1. The first-order valence-corrected chi connectivity index (χ1v) is 12.4. The molecule has 2 amide bonds. The average Bonchev–Trinajstić information content (AvgIpc) is 3.60. The van der Waals surface area contributed by atoms with Crippen molar-refractivity contribution in [3.63, 3.8) is 0 Å². The lowest BCUT2D eigenvalue weighted by molar-refractivity contribution is -0.136. The summed E-state index contributed by atoms with van der Waals surface area (Å²) in [4.78, 5) is 40.3. The van der Waals surface area contributed by atoms with Crippen molar-refractivity contribution < 1.29 is 43.5 Å². The summed E-state index contributed by atoms with van der Waals surface area (Å²) in [6, 6.07) is 6.11. The number of nitrogens with one attached hydrogen (secondary N) is 1. The zero-order valence-corrected chi connectivity index (χ0v) is 20.4. The summed E-state index contributed by atoms with van der Waals surface area (Å²) in [5.41, 5.74) is 1.56. The van der Waals surface area contributed by atoms with E-state index >= 15 is 0 Å². The Kier molecular flexibility index (Phi) is 9.29. The van der Waals surface area contributed by atoms with Gasteiger partial charge in [0, 0.05) is 25.1 Å². The van der Waals surface area contributed by atoms with E-state index in [9.17, 15) is 14.4 Å². The Morgan fingerprint density at radius 2 is 1.95 bits per heavy atom. The van der Waals surface area contributed by atoms with Crippen LogP contribution in [0.4, 0.5) is 0 Å². The number of aliphatic hydroxyl groups excluding tert-OH is 2. The maximum Gasteiger partial charge on any atom is 0.338 e. The summed E-state index contributed by atoms with van der Waals surface area (Å²) in [6.07, 6.45) is 4.44. The maximum absolute atomic E-state index is 13.4. The minimum Gasteiger partial charge on any atom is -0.499 e. The zero-order valence-electron chi connectivity index (χ0n) is 20.4. The number of aliphatic hydroxyl groups is 2. The lowest BCUT2D eigenvalue weighted by atomic mass is 9.91. The molecule has 3 N–H and O–H groups in total. The molecule has 0 aromatic heterocycles. The van der Waals surface area contributed by atoms with Crippen LogP contribution in [0, 0.1) is 0 Å². The number of ether oxygens (including phenoxy) is 4. The number of carbonyl (C=O) groups excluding carboxylic acids is 3. The van der Waals surface area contributed by atoms with Crippen molar-refractivity contribution in [1.82, 2.24) is 10.2 Å². The summed E-state index contributed by atoms with van der Waals surface area (Å²) < 4.78 is 22.1. The van der Waals surface area contributed by atoms with Crippen molar-refractivity contribution in [2.75, 3.05) is 39.7 Å². The number of rotatable bonds is 10. The Hall–Kier alpha value is -3.25. The van der Waals surface area contributed by atoms with Crippen molar-refractivity contribution in [3.05, 3.63) is 53.3 Å². The summed E-state index contributed by atoms with van der Waals surface area (Å²) in [5, 5.41) is 20.4. The second-order valence-electron chi connectivity index (χ2n) is 8.91. The highest BCUT2D eigenvalue weighted by Gasteiger charge is 2.44. The molecular weight excluding hydrogens is 484 g/mol. The van der Waals surface area contributed by atoms with Crippen molar-refractivity contribution >= 4 is 23.9 Å². The number of likely N-dealkylation sites (tertiary alicyclic amines) is 1. The van der Waals surface area contributed by atoms with Gasteiger partial charge in [-0.05, 0) is 42.7 Å². The van der Waals surface area contributed by atoms with Crippen LogP contribution < -0.4 is 5.32 Å². The van der Waals surface area contributed by atoms with E-state index in [1.807, 2.05) is 0 Å². The highest BCUT2D eigenvalue weighted by Crippen LogP contribution is 2.33. The second kappa shape index (κ2) is 12.8. The van der Waals surface area contributed by atoms with E-state index in [0.717, 1.165) is 5.56 Å². The Morgan fingerprint density at radius 3 is 2.70 bits per heavy atom. The molecule has 11 nitrogen and oxygen atoms in total. The average molecular weight is 517 g/mol. The van der Waals surface area contributed by atoms with Gasteiger partial charge in [-0.25, -0.2) is 4.79 Å². The SMILES string of the molecule is O=C(O[C@@H]1CC(C(=O)N2CCC[C@@H]2C(=O)NCCO)=C[C@H]2OCO[C@H]21)c1ccc(C=COCCO)cc1. The van der Waals surface area contributed by atoms with Gasteiger partial charge in [0.2, 0.25) is 11.8 Å². The van der Waals surface area contributed by atoms with Gasteiger partial charge in [-0.2, -0.15) is 0 Å². The van der Waals surface area contributed by atoms with Crippen LogP contribution in [0.15, 0.2) is 42.2 Å². The molecule has 0 radical (unpaired) electrons. The van der Waals surface area contributed by atoms with E-state index in [0.29, 0.717) is 30.5 Å². The van der Waals surface area contributed by atoms with Gasteiger partial charge in [0.05, 0.1) is 25.0 Å². The van der Waals surface area contributed by atoms with Gasteiger partial charge in [-0.3, -0.25) is 9.59 Å². The van der Waals surface area contributed by atoms with E-state index in [1.165, 1.54) is 11.2 Å². The lowest BCUT2D eigenvalue weighted by Gasteiger charge is -2.32. The summed E-state index contributed by atoms with van der Waals surface area (Å²) in [6.45, 7) is 0.537. The van der Waals surface area contributed by atoms with Crippen LogP contribution >= 0.6 is 0 Å². The molecule has 2 aliphatic heterocycles. The molecule has 0 unspecified atom stereocenters. The molecule has 0 saturated carbocycles. The normalized spacial score (nSPS) is 25.0. The number of amides is 2. The van der Waals surface area contributed by atoms with Gasteiger partial charge in [0.15, 0.2) is 0 Å². The third-order valence-electron chi connectivity index (χ3n) is 6.47. The van der Waals surface area contributed by atoms with E-state index in [4.69, 9.17) is 29.2 Å². The molecule has 2 fully saturated rings. The molecule has 3 aliphatic rings. The maximum atomic E-state index is 13.4. The van der Waals surface area contributed by atoms with Crippen LogP contribution in [-0.2, 0) is 28.5 Å². The van der Waals surface area contributed by atoms with Gasteiger partial charge < -0.3 is 39.4 Å². The van der Waals surface area contributed by atoms with E-state index in [2.05, 4.69) is 5.32 Å². The molecule has 0 spiro atoms. The quantitative estimate of drug-likeness (QED) is 0.228. The molecule has 37 heavy (non-hydrogen) atoms. The smallest absolute Gasteiger partial charge is 0.338 e. The van der Waals surface area contributed by atoms with Gasteiger partial charge in [0.1, 0.15) is 37.8 Å². The Bertz CT molecular complexity index is 1020. The number of benzene rings is 1. The third kappa shape index (κ3) is 6.55. The van der Waals surface area contributed by atoms with Crippen LogP contribution in [0.1, 0.15) is 35.2 Å². The standard InChI is InChI=1S/C26H32N2O9/c29-10-8-27-24(31)20-2-1-9-28(20)25(32)19-14-21-23(36-16-35-21)22(15-19)37-26(33)18-5-3-17(4-6-18)7-12-34-13-11-30/h3-7,12,14,20-23,29-30H,1-2,8-11,13,15-16H2,(H,27,31)/t20-,21-,22-,23-/m1/s1. The minimum absolute atomic E-state index is 0.0244. The predicted molar refractivity (Wildman–Crippen MR) is 130 cm³/mol. The van der Waals surface area contributed by atoms with Gasteiger partial charge in [0.25, 0.3) is 0 Å². The number of hydrogen-bond acceptors (Lipinski definition) is 9. The minimum atomic E-state index is -0.736. The second-order valence-corrected chi connectivity index (χ2v) is 8.91. The largest absolute Gasteiger partial charge is 0.499 e. The first-order valence-electron chi connectivity index (χ1n) is 12.4. The lowest BCUT2D eigenvalue weighted by Crippen LogP contribution is -2.49. The molecule has 0 bridgehead atoms. The predicted octanol–water partition coefficient (Wildman–Crippen LogP) is 0.363. The summed E-state index contributed by atoms with van der Waals surface area (Å²) >= 11 is 0. The molecule has 1 aromatic rings. The van der Waals surface area contributed by atoms with Crippen LogP contribution in [0.3, 0.4) is 0 Å². The van der Waals surface area contributed by atoms with Crippen molar-refractivity contribution in [2.24, 2.45) is 0 Å². The van der Waals surface area contributed by atoms with Crippen molar-refractivity contribution in [2.45, 2.75) is 43.6 Å². The molecule has 1 aromatic carbocycles. The van der Waals surface area contributed by atoms with Crippen LogP contribution in [-0.4, -0.2) is 97.0 Å². The molecule has 200 valence electrons. The molecule has 2 heterocycles. The number of carbonyl (C=O) groups is 3. The highest BCUT2D eigenvalue weighted by atomic mass is 16.7.